The number of amides is 3. The fourth-order valence-corrected chi connectivity index (χ4v) is 1.93. The zero-order chi connectivity index (χ0) is 16.7. The lowest BCUT2D eigenvalue weighted by Gasteiger charge is -2.21. The molecule has 7 nitrogen and oxygen atoms in total. The van der Waals surface area contributed by atoms with E-state index in [0.29, 0.717) is 23.8 Å². The van der Waals surface area contributed by atoms with Gasteiger partial charge in [0.2, 0.25) is 5.91 Å². The summed E-state index contributed by atoms with van der Waals surface area (Å²) in [4.78, 5) is 23.2. The van der Waals surface area contributed by atoms with Gasteiger partial charge in [0.25, 0.3) is 0 Å². The van der Waals surface area contributed by atoms with E-state index in [1.165, 1.54) is 7.11 Å². The molecule has 0 aliphatic carbocycles. The van der Waals surface area contributed by atoms with Gasteiger partial charge in [-0.1, -0.05) is 13.8 Å². The molecule has 3 amide bonds. The van der Waals surface area contributed by atoms with Crippen molar-refractivity contribution in [3.63, 3.8) is 0 Å². The SMILES string of the molecule is CCOc1ccc(NC(=O)[C@@H](NC(N)=O)C(C)C)cc1OC. The Hall–Kier alpha value is -2.44. The normalized spacial score (nSPS) is 11.7. The van der Waals surface area contributed by atoms with Gasteiger partial charge >= 0.3 is 6.03 Å². The first-order valence-corrected chi connectivity index (χ1v) is 7.06. The fourth-order valence-electron chi connectivity index (χ4n) is 1.93. The monoisotopic (exact) mass is 309 g/mol. The van der Waals surface area contributed by atoms with Crippen LogP contribution < -0.4 is 25.8 Å². The van der Waals surface area contributed by atoms with E-state index in [2.05, 4.69) is 10.6 Å². The Labute approximate surface area is 130 Å². The molecule has 0 unspecified atom stereocenters. The summed E-state index contributed by atoms with van der Waals surface area (Å²) in [6.07, 6.45) is 0. The molecule has 122 valence electrons. The van der Waals surface area contributed by atoms with Crippen LogP contribution in [0, 0.1) is 5.92 Å². The Morgan fingerprint density at radius 1 is 1.27 bits per heavy atom. The van der Waals surface area contributed by atoms with Gasteiger partial charge in [0, 0.05) is 11.8 Å². The number of anilines is 1. The standard InChI is InChI=1S/C15H23N3O4/c1-5-22-11-7-6-10(8-12(11)21-4)17-14(19)13(9(2)3)18-15(16)20/h6-9,13H,5H2,1-4H3,(H,17,19)(H3,16,18,20)/t13-/m0/s1. The van der Waals surface area contributed by atoms with Crippen LogP contribution in [0.2, 0.25) is 0 Å². The largest absolute Gasteiger partial charge is 0.493 e. The number of methoxy groups -OCH3 is 1. The number of carbonyl (C=O) groups is 2. The summed E-state index contributed by atoms with van der Waals surface area (Å²) in [5.74, 6) is 0.666. The second-order valence-electron chi connectivity index (χ2n) is 5.02. The van der Waals surface area contributed by atoms with Gasteiger partial charge in [-0.3, -0.25) is 4.79 Å². The molecular weight excluding hydrogens is 286 g/mol. The van der Waals surface area contributed by atoms with Gasteiger partial charge in [-0.15, -0.1) is 0 Å². The lowest BCUT2D eigenvalue weighted by Crippen LogP contribution is -2.49. The fraction of sp³-hybridized carbons (Fsp3) is 0.467. The number of rotatable bonds is 7. The maximum atomic E-state index is 12.2. The van der Waals surface area contributed by atoms with Gasteiger partial charge in [0.1, 0.15) is 6.04 Å². The zero-order valence-electron chi connectivity index (χ0n) is 13.3. The average molecular weight is 309 g/mol. The van der Waals surface area contributed by atoms with Gasteiger partial charge in [-0.05, 0) is 25.0 Å². The predicted molar refractivity (Wildman–Crippen MR) is 84.1 cm³/mol. The topological polar surface area (TPSA) is 103 Å². The Bertz CT molecular complexity index is 532. The Morgan fingerprint density at radius 3 is 2.45 bits per heavy atom. The summed E-state index contributed by atoms with van der Waals surface area (Å²) < 4.78 is 10.6. The highest BCUT2D eigenvalue weighted by atomic mass is 16.5. The molecule has 1 atom stereocenters. The molecule has 0 saturated heterocycles. The van der Waals surface area contributed by atoms with E-state index in [9.17, 15) is 9.59 Å². The lowest BCUT2D eigenvalue weighted by atomic mass is 10.0. The number of urea groups is 1. The second kappa shape index (κ2) is 8.11. The van der Waals surface area contributed by atoms with Gasteiger partial charge in [0.05, 0.1) is 13.7 Å². The van der Waals surface area contributed by atoms with Crippen LogP contribution in [0.15, 0.2) is 18.2 Å². The van der Waals surface area contributed by atoms with Gasteiger partial charge in [-0.2, -0.15) is 0 Å². The summed E-state index contributed by atoms with van der Waals surface area (Å²) in [6, 6.07) is 3.62. The smallest absolute Gasteiger partial charge is 0.312 e. The van der Waals surface area contributed by atoms with E-state index < -0.39 is 12.1 Å². The number of carbonyl (C=O) groups excluding carboxylic acids is 2. The van der Waals surface area contributed by atoms with E-state index in [1.807, 2.05) is 20.8 Å². The van der Waals surface area contributed by atoms with Crippen LogP contribution in [-0.4, -0.2) is 31.7 Å². The minimum absolute atomic E-state index is 0.0999. The number of nitrogens with one attached hydrogen (secondary N) is 2. The van der Waals surface area contributed by atoms with Crippen molar-refractivity contribution in [3.05, 3.63) is 18.2 Å². The first kappa shape index (κ1) is 17.6. The molecule has 1 aromatic rings. The molecule has 0 aliphatic heterocycles. The van der Waals surface area contributed by atoms with Crippen molar-refractivity contribution in [3.8, 4) is 11.5 Å². The molecule has 0 spiro atoms. The predicted octanol–water partition coefficient (Wildman–Crippen LogP) is 1.73. The van der Waals surface area contributed by atoms with E-state index in [0.717, 1.165) is 0 Å². The molecule has 4 N–H and O–H groups in total. The number of primary amides is 1. The van der Waals surface area contributed by atoms with Gasteiger partial charge < -0.3 is 25.8 Å². The minimum atomic E-state index is -0.738. The van der Waals surface area contributed by atoms with Gasteiger partial charge in [-0.25, -0.2) is 4.79 Å². The van der Waals surface area contributed by atoms with E-state index in [4.69, 9.17) is 15.2 Å². The van der Waals surface area contributed by atoms with Crippen LogP contribution in [-0.2, 0) is 4.79 Å². The van der Waals surface area contributed by atoms with Crippen molar-refractivity contribution in [1.29, 1.82) is 0 Å². The van der Waals surface area contributed by atoms with Crippen molar-refractivity contribution in [2.45, 2.75) is 26.8 Å². The Morgan fingerprint density at radius 2 is 1.95 bits per heavy atom. The van der Waals surface area contributed by atoms with Crippen LogP contribution in [0.5, 0.6) is 11.5 Å². The average Bonchev–Trinajstić information content (AvgIpc) is 2.45. The van der Waals surface area contributed by atoms with Crippen LogP contribution in [0.25, 0.3) is 0 Å². The molecule has 22 heavy (non-hydrogen) atoms. The van der Waals surface area contributed by atoms with Crippen LogP contribution in [0.3, 0.4) is 0 Å². The van der Waals surface area contributed by atoms with Crippen molar-refractivity contribution < 1.29 is 19.1 Å². The lowest BCUT2D eigenvalue weighted by molar-refractivity contribution is -0.118. The van der Waals surface area contributed by atoms with Crippen molar-refractivity contribution >= 4 is 17.6 Å². The first-order chi connectivity index (χ1) is 10.4. The van der Waals surface area contributed by atoms with Crippen LogP contribution >= 0.6 is 0 Å². The van der Waals surface area contributed by atoms with E-state index in [1.54, 1.807) is 18.2 Å². The second-order valence-corrected chi connectivity index (χ2v) is 5.02. The molecule has 1 rings (SSSR count). The molecule has 0 fully saturated rings. The number of benzene rings is 1. The van der Waals surface area contributed by atoms with Gasteiger partial charge in [0.15, 0.2) is 11.5 Å². The molecule has 7 heteroatoms. The molecule has 0 bridgehead atoms. The summed E-state index contributed by atoms with van der Waals surface area (Å²) in [6.45, 7) is 6.02. The highest BCUT2D eigenvalue weighted by Gasteiger charge is 2.23. The highest BCUT2D eigenvalue weighted by Crippen LogP contribution is 2.30. The van der Waals surface area contributed by atoms with E-state index >= 15 is 0 Å². The zero-order valence-corrected chi connectivity index (χ0v) is 13.3. The maximum Gasteiger partial charge on any atom is 0.312 e. The third kappa shape index (κ3) is 4.83. The third-order valence-electron chi connectivity index (χ3n) is 2.98. The number of ether oxygens (including phenoxy) is 2. The minimum Gasteiger partial charge on any atom is -0.493 e. The molecule has 0 heterocycles. The Kier molecular flexibility index (Phi) is 6.49. The maximum absolute atomic E-state index is 12.2. The van der Waals surface area contributed by atoms with E-state index in [-0.39, 0.29) is 11.8 Å². The summed E-state index contributed by atoms with van der Waals surface area (Å²) in [7, 11) is 1.52. The highest BCUT2D eigenvalue weighted by molar-refractivity contribution is 5.97. The number of hydrogen-bond donors (Lipinski definition) is 3. The first-order valence-electron chi connectivity index (χ1n) is 7.06. The number of hydrogen-bond acceptors (Lipinski definition) is 4. The quantitative estimate of drug-likeness (QED) is 0.713. The van der Waals surface area contributed by atoms with Crippen molar-refractivity contribution in [2.24, 2.45) is 11.7 Å². The van der Waals surface area contributed by atoms with Crippen molar-refractivity contribution in [2.75, 3.05) is 19.0 Å². The van der Waals surface area contributed by atoms with Crippen LogP contribution in [0.4, 0.5) is 10.5 Å². The molecule has 0 radical (unpaired) electrons. The number of nitrogens with two attached hydrogens (primary N) is 1. The molecule has 0 saturated carbocycles. The third-order valence-corrected chi connectivity index (χ3v) is 2.98. The van der Waals surface area contributed by atoms with Crippen LogP contribution in [0.1, 0.15) is 20.8 Å². The van der Waals surface area contributed by atoms with Crippen molar-refractivity contribution in [1.82, 2.24) is 5.32 Å². The molecule has 0 aliphatic rings. The molecule has 0 aromatic heterocycles. The molecule has 1 aromatic carbocycles. The summed E-state index contributed by atoms with van der Waals surface area (Å²) >= 11 is 0. The summed E-state index contributed by atoms with van der Waals surface area (Å²) in [5.41, 5.74) is 5.64. The molecular formula is C15H23N3O4. The Balaban J connectivity index is 2.88. The summed E-state index contributed by atoms with van der Waals surface area (Å²) in [5, 5.41) is 5.16.